The van der Waals surface area contributed by atoms with Crippen LogP contribution in [-0.4, -0.2) is 44.6 Å². The fourth-order valence-corrected chi connectivity index (χ4v) is 2.75. The van der Waals surface area contributed by atoms with Crippen LogP contribution in [0, 0.1) is 5.92 Å². The highest BCUT2D eigenvalue weighted by Gasteiger charge is 2.33. The molecular weight excluding hydrogens is 294 g/mol. The van der Waals surface area contributed by atoms with Gasteiger partial charge in [-0.1, -0.05) is 18.2 Å². The highest BCUT2D eigenvalue weighted by molar-refractivity contribution is 5.89. The molecule has 0 aliphatic carbocycles. The molecule has 120 valence electrons. The van der Waals surface area contributed by atoms with E-state index >= 15 is 0 Å². The zero-order chi connectivity index (χ0) is 16.2. The number of hydrogen-bond donors (Lipinski definition) is 1. The molecule has 0 saturated carbocycles. The predicted octanol–water partition coefficient (Wildman–Crippen LogP) is 0.752. The number of carbonyl (C=O) groups excluding carboxylic acids is 2. The summed E-state index contributed by atoms with van der Waals surface area (Å²) in [5.41, 5.74) is 0.940. The molecule has 1 aliphatic rings. The SMILES string of the molecule is CCN1CC(C(=O)NCc2nncn2-c2ccccc2)CC1=O. The molecule has 2 heterocycles. The number of carbonyl (C=O) groups is 2. The number of nitrogens with one attached hydrogen (secondary N) is 1. The molecule has 0 radical (unpaired) electrons. The number of benzene rings is 1. The Kier molecular flexibility index (Phi) is 4.36. The van der Waals surface area contributed by atoms with E-state index in [0.29, 0.717) is 18.9 Å². The van der Waals surface area contributed by atoms with Gasteiger partial charge in [-0.15, -0.1) is 10.2 Å². The van der Waals surface area contributed by atoms with Crippen molar-refractivity contribution in [2.45, 2.75) is 19.9 Å². The van der Waals surface area contributed by atoms with E-state index in [1.165, 1.54) is 0 Å². The molecule has 3 rings (SSSR count). The van der Waals surface area contributed by atoms with Crippen LogP contribution in [0.15, 0.2) is 36.7 Å². The third-order valence-electron chi connectivity index (χ3n) is 4.04. The largest absolute Gasteiger partial charge is 0.348 e. The van der Waals surface area contributed by atoms with E-state index in [9.17, 15) is 9.59 Å². The number of hydrogen-bond acceptors (Lipinski definition) is 4. The minimum Gasteiger partial charge on any atom is -0.348 e. The molecule has 0 spiro atoms. The van der Waals surface area contributed by atoms with Crippen LogP contribution in [0.5, 0.6) is 0 Å². The van der Waals surface area contributed by atoms with Crippen LogP contribution in [0.3, 0.4) is 0 Å². The van der Waals surface area contributed by atoms with Gasteiger partial charge in [-0.05, 0) is 19.1 Å². The third-order valence-corrected chi connectivity index (χ3v) is 4.04. The maximum absolute atomic E-state index is 12.2. The van der Waals surface area contributed by atoms with Crippen LogP contribution in [0.4, 0.5) is 0 Å². The minimum absolute atomic E-state index is 0.0418. The third kappa shape index (κ3) is 3.23. The molecule has 2 aromatic rings. The Morgan fingerprint density at radius 1 is 1.35 bits per heavy atom. The number of nitrogens with zero attached hydrogens (tertiary/aromatic N) is 4. The average Bonchev–Trinajstić information content (AvgIpc) is 3.19. The Bertz CT molecular complexity index is 698. The molecule has 1 unspecified atom stereocenters. The summed E-state index contributed by atoms with van der Waals surface area (Å²) in [6.07, 6.45) is 1.90. The predicted molar refractivity (Wildman–Crippen MR) is 83.6 cm³/mol. The highest BCUT2D eigenvalue weighted by Crippen LogP contribution is 2.17. The van der Waals surface area contributed by atoms with Crippen molar-refractivity contribution in [1.29, 1.82) is 0 Å². The summed E-state index contributed by atoms with van der Waals surface area (Å²) in [6.45, 7) is 3.34. The highest BCUT2D eigenvalue weighted by atomic mass is 16.2. The minimum atomic E-state index is -0.282. The van der Waals surface area contributed by atoms with Crippen LogP contribution < -0.4 is 5.32 Å². The molecule has 1 atom stereocenters. The van der Waals surface area contributed by atoms with E-state index in [4.69, 9.17) is 0 Å². The van der Waals surface area contributed by atoms with Crippen molar-refractivity contribution < 1.29 is 9.59 Å². The maximum atomic E-state index is 12.2. The lowest BCUT2D eigenvalue weighted by Crippen LogP contribution is -2.33. The van der Waals surface area contributed by atoms with Gasteiger partial charge < -0.3 is 10.2 Å². The normalized spacial score (nSPS) is 17.5. The van der Waals surface area contributed by atoms with Crippen molar-refractivity contribution >= 4 is 11.8 Å². The first kappa shape index (κ1) is 15.2. The molecule has 7 heteroatoms. The van der Waals surface area contributed by atoms with Gasteiger partial charge in [0.25, 0.3) is 0 Å². The second kappa shape index (κ2) is 6.60. The molecule has 1 N–H and O–H groups in total. The maximum Gasteiger partial charge on any atom is 0.225 e. The molecule has 1 aromatic carbocycles. The van der Waals surface area contributed by atoms with Gasteiger partial charge in [-0.3, -0.25) is 14.2 Å². The first-order valence-corrected chi connectivity index (χ1v) is 7.69. The van der Waals surface area contributed by atoms with Crippen molar-refractivity contribution in [2.24, 2.45) is 5.92 Å². The van der Waals surface area contributed by atoms with Crippen LogP contribution in [0.1, 0.15) is 19.2 Å². The van der Waals surface area contributed by atoms with Gasteiger partial charge in [0.15, 0.2) is 5.82 Å². The Labute approximate surface area is 134 Å². The smallest absolute Gasteiger partial charge is 0.225 e. The quantitative estimate of drug-likeness (QED) is 0.883. The van der Waals surface area contributed by atoms with Gasteiger partial charge in [0.1, 0.15) is 6.33 Å². The average molecular weight is 313 g/mol. The lowest BCUT2D eigenvalue weighted by atomic mass is 10.1. The van der Waals surface area contributed by atoms with E-state index in [1.807, 2.05) is 41.8 Å². The van der Waals surface area contributed by atoms with E-state index in [-0.39, 0.29) is 30.7 Å². The standard InChI is InChI=1S/C16H19N5O2/c1-2-20-10-12(8-15(20)22)16(23)17-9-14-19-18-11-21(14)13-6-4-3-5-7-13/h3-7,11-12H,2,8-10H2,1H3,(H,17,23). The molecule has 1 aliphatic heterocycles. The van der Waals surface area contributed by atoms with E-state index in [1.54, 1.807) is 11.2 Å². The van der Waals surface area contributed by atoms with Crippen LogP contribution in [0.2, 0.25) is 0 Å². The van der Waals surface area contributed by atoms with Crippen LogP contribution in [0.25, 0.3) is 5.69 Å². The Balaban J connectivity index is 1.63. The van der Waals surface area contributed by atoms with Crippen molar-refractivity contribution in [1.82, 2.24) is 25.0 Å². The molecular formula is C16H19N5O2. The Morgan fingerprint density at radius 3 is 2.83 bits per heavy atom. The Morgan fingerprint density at radius 2 is 2.13 bits per heavy atom. The van der Waals surface area contributed by atoms with E-state index in [2.05, 4.69) is 15.5 Å². The van der Waals surface area contributed by atoms with Crippen molar-refractivity contribution in [3.8, 4) is 5.69 Å². The summed E-state index contributed by atoms with van der Waals surface area (Å²) >= 11 is 0. The lowest BCUT2D eigenvalue weighted by Gasteiger charge is -2.13. The summed E-state index contributed by atoms with van der Waals surface area (Å²) in [6, 6.07) is 9.70. The number of amides is 2. The lowest BCUT2D eigenvalue weighted by molar-refractivity contribution is -0.128. The van der Waals surface area contributed by atoms with Gasteiger partial charge in [-0.25, -0.2) is 0 Å². The first-order chi connectivity index (χ1) is 11.2. The molecule has 1 saturated heterocycles. The van der Waals surface area contributed by atoms with Gasteiger partial charge in [0, 0.05) is 25.2 Å². The number of aromatic nitrogens is 3. The van der Waals surface area contributed by atoms with E-state index in [0.717, 1.165) is 5.69 Å². The monoisotopic (exact) mass is 313 g/mol. The topological polar surface area (TPSA) is 80.1 Å². The fourth-order valence-electron chi connectivity index (χ4n) is 2.75. The van der Waals surface area contributed by atoms with Crippen molar-refractivity contribution in [3.63, 3.8) is 0 Å². The second-order valence-corrected chi connectivity index (χ2v) is 5.50. The van der Waals surface area contributed by atoms with Gasteiger partial charge >= 0.3 is 0 Å². The fraction of sp³-hybridized carbons (Fsp3) is 0.375. The Hall–Kier alpha value is -2.70. The molecule has 1 fully saturated rings. The number of rotatable bonds is 5. The van der Waals surface area contributed by atoms with Crippen LogP contribution >= 0.6 is 0 Å². The summed E-state index contributed by atoms with van der Waals surface area (Å²) in [5.74, 6) is 0.300. The summed E-state index contributed by atoms with van der Waals surface area (Å²) in [4.78, 5) is 25.7. The first-order valence-electron chi connectivity index (χ1n) is 7.69. The van der Waals surface area contributed by atoms with Crippen molar-refractivity contribution in [2.75, 3.05) is 13.1 Å². The molecule has 23 heavy (non-hydrogen) atoms. The summed E-state index contributed by atoms with van der Waals surface area (Å²) < 4.78 is 1.83. The number of likely N-dealkylation sites (tertiary alicyclic amines) is 1. The van der Waals surface area contributed by atoms with Crippen LogP contribution in [-0.2, 0) is 16.1 Å². The van der Waals surface area contributed by atoms with Gasteiger partial charge in [0.05, 0.1) is 12.5 Å². The van der Waals surface area contributed by atoms with Gasteiger partial charge in [-0.2, -0.15) is 0 Å². The summed E-state index contributed by atoms with van der Waals surface area (Å²) in [7, 11) is 0. The zero-order valence-corrected chi connectivity index (χ0v) is 13.0. The molecule has 2 amide bonds. The van der Waals surface area contributed by atoms with E-state index < -0.39 is 0 Å². The summed E-state index contributed by atoms with van der Waals surface area (Å²) in [5, 5.41) is 10.8. The van der Waals surface area contributed by atoms with Crippen molar-refractivity contribution in [3.05, 3.63) is 42.5 Å². The molecule has 0 bridgehead atoms. The number of para-hydroxylation sites is 1. The van der Waals surface area contributed by atoms with Gasteiger partial charge in [0.2, 0.25) is 11.8 Å². The zero-order valence-electron chi connectivity index (χ0n) is 13.0. The second-order valence-electron chi connectivity index (χ2n) is 5.50. The molecule has 7 nitrogen and oxygen atoms in total. The molecule has 1 aromatic heterocycles.